The van der Waals surface area contributed by atoms with Crippen LogP contribution < -0.4 is 5.32 Å². The van der Waals surface area contributed by atoms with Crippen LogP contribution >= 0.6 is 0 Å². The smallest absolute Gasteiger partial charge is 0.251 e. The molecule has 0 saturated carbocycles. The molecule has 142 valence electrons. The Kier molecular flexibility index (Phi) is 4.18. The highest BCUT2D eigenvalue weighted by Crippen LogP contribution is 2.31. The Hall–Kier alpha value is -4.13. The van der Waals surface area contributed by atoms with E-state index in [1.807, 2.05) is 12.1 Å². The Labute approximate surface area is 165 Å². The normalized spacial score (nSPS) is 11.0. The maximum absolute atomic E-state index is 12.5. The summed E-state index contributed by atoms with van der Waals surface area (Å²) in [5.41, 5.74) is 4.73. The van der Waals surface area contributed by atoms with Crippen LogP contribution in [0.4, 0.5) is 0 Å². The van der Waals surface area contributed by atoms with Crippen molar-refractivity contribution in [3.05, 3.63) is 85.1 Å². The van der Waals surface area contributed by atoms with Crippen molar-refractivity contribution in [3.63, 3.8) is 0 Å². The van der Waals surface area contributed by atoms with E-state index in [-0.39, 0.29) is 5.91 Å². The first-order chi connectivity index (χ1) is 14.3. The second-order valence-electron chi connectivity index (χ2n) is 6.41. The van der Waals surface area contributed by atoms with Gasteiger partial charge < -0.3 is 18.6 Å². The number of hydrogen-bond acceptors (Lipinski definition) is 6. The zero-order valence-corrected chi connectivity index (χ0v) is 15.2. The van der Waals surface area contributed by atoms with Crippen LogP contribution in [0.3, 0.4) is 0 Å². The van der Waals surface area contributed by atoms with Gasteiger partial charge in [-0.1, -0.05) is 0 Å². The fourth-order valence-corrected chi connectivity index (χ4v) is 3.08. The van der Waals surface area contributed by atoms with Gasteiger partial charge in [-0.25, -0.2) is 9.97 Å². The molecule has 0 saturated heterocycles. The highest BCUT2D eigenvalue weighted by molar-refractivity contribution is 5.98. The molecule has 4 heterocycles. The van der Waals surface area contributed by atoms with Crippen LogP contribution in [0.5, 0.6) is 0 Å². The number of nitrogens with one attached hydrogen (secondary N) is 1. The molecule has 7 heteroatoms. The molecule has 0 aliphatic heterocycles. The fraction of sp³-hybridized carbons (Fsp3) is 0.0455. The SMILES string of the molecule is O=C(NCc1ccco1)c1ccc2nc(-c3ccoc3)c(-c3ccoc3)nc2c1. The average molecular weight is 385 g/mol. The van der Waals surface area contributed by atoms with Crippen molar-refractivity contribution in [3.8, 4) is 22.5 Å². The van der Waals surface area contributed by atoms with Crippen molar-refractivity contribution in [2.75, 3.05) is 0 Å². The van der Waals surface area contributed by atoms with Gasteiger partial charge in [-0.3, -0.25) is 4.79 Å². The lowest BCUT2D eigenvalue weighted by molar-refractivity contribution is 0.0948. The molecule has 0 aliphatic rings. The van der Waals surface area contributed by atoms with Crippen LogP contribution in [0.15, 0.2) is 87.0 Å². The first-order valence-corrected chi connectivity index (χ1v) is 8.95. The summed E-state index contributed by atoms with van der Waals surface area (Å²) in [6.45, 7) is 0.315. The van der Waals surface area contributed by atoms with E-state index in [0.29, 0.717) is 40.3 Å². The predicted octanol–water partition coefficient (Wildman–Crippen LogP) is 4.67. The highest BCUT2D eigenvalue weighted by atomic mass is 16.3. The lowest BCUT2D eigenvalue weighted by Gasteiger charge is -2.09. The third-order valence-electron chi connectivity index (χ3n) is 4.52. The van der Waals surface area contributed by atoms with E-state index in [4.69, 9.17) is 23.2 Å². The summed E-state index contributed by atoms with van der Waals surface area (Å²) in [5.74, 6) is 0.472. The molecular weight excluding hydrogens is 370 g/mol. The topological polar surface area (TPSA) is 94.3 Å². The number of rotatable bonds is 5. The maximum atomic E-state index is 12.5. The van der Waals surface area contributed by atoms with E-state index < -0.39 is 0 Å². The third-order valence-corrected chi connectivity index (χ3v) is 4.52. The standard InChI is InChI=1S/C22H15N3O4/c26-22(23-11-17-2-1-7-29-17)14-3-4-18-19(10-14)25-21(16-6-9-28-13-16)20(24-18)15-5-8-27-12-15/h1-10,12-13H,11H2,(H,23,26). The van der Waals surface area contributed by atoms with Gasteiger partial charge in [-0.05, 0) is 42.5 Å². The predicted molar refractivity (Wildman–Crippen MR) is 105 cm³/mol. The second-order valence-corrected chi connectivity index (χ2v) is 6.41. The van der Waals surface area contributed by atoms with Crippen LogP contribution in [-0.4, -0.2) is 15.9 Å². The van der Waals surface area contributed by atoms with Gasteiger partial charge in [0.05, 0.1) is 48.9 Å². The first kappa shape index (κ1) is 17.0. The molecule has 0 aliphatic carbocycles. The molecule has 0 atom stereocenters. The molecular formula is C22H15N3O4. The number of nitrogens with zero attached hydrogens (tertiary/aromatic N) is 2. The number of furan rings is 3. The molecule has 1 aromatic carbocycles. The van der Waals surface area contributed by atoms with Crippen molar-refractivity contribution in [2.24, 2.45) is 0 Å². The number of carbonyl (C=O) groups excluding carboxylic acids is 1. The summed E-state index contributed by atoms with van der Waals surface area (Å²) < 4.78 is 15.7. The number of carbonyl (C=O) groups is 1. The molecule has 1 amide bonds. The van der Waals surface area contributed by atoms with Crippen LogP contribution in [0, 0.1) is 0 Å². The van der Waals surface area contributed by atoms with Gasteiger partial charge in [0.15, 0.2) is 0 Å². The van der Waals surface area contributed by atoms with Crippen molar-refractivity contribution in [2.45, 2.75) is 6.54 Å². The Balaban J connectivity index is 1.54. The summed E-state index contributed by atoms with van der Waals surface area (Å²) in [7, 11) is 0. The Bertz CT molecular complexity index is 1260. The maximum Gasteiger partial charge on any atom is 0.251 e. The fourth-order valence-electron chi connectivity index (χ4n) is 3.08. The largest absolute Gasteiger partial charge is 0.472 e. The lowest BCUT2D eigenvalue weighted by Crippen LogP contribution is -2.22. The monoisotopic (exact) mass is 385 g/mol. The Morgan fingerprint density at radius 2 is 1.59 bits per heavy atom. The molecule has 1 N–H and O–H groups in total. The summed E-state index contributed by atoms with van der Waals surface area (Å²) in [6, 6.07) is 12.5. The van der Waals surface area contributed by atoms with Gasteiger partial charge in [-0.15, -0.1) is 0 Å². The minimum Gasteiger partial charge on any atom is -0.472 e. The Morgan fingerprint density at radius 1 is 0.862 bits per heavy atom. The molecule has 0 spiro atoms. The second kappa shape index (κ2) is 7.12. The van der Waals surface area contributed by atoms with Gasteiger partial charge in [0.25, 0.3) is 5.91 Å². The van der Waals surface area contributed by atoms with Crippen molar-refractivity contribution in [1.29, 1.82) is 0 Å². The van der Waals surface area contributed by atoms with Crippen LogP contribution in [0.2, 0.25) is 0 Å². The third kappa shape index (κ3) is 3.29. The molecule has 0 fully saturated rings. The van der Waals surface area contributed by atoms with Crippen LogP contribution in [0.25, 0.3) is 33.5 Å². The van der Waals surface area contributed by atoms with E-state index in [1.165, 1.54) is 0 Å². The van der Waals surface area contributed by atoms with Crippen LogP contribution in [-0.2, 0) is 6.54 Å². The van der Waals surface area contributed by atoms with Gasteiger partial charge in [0.1, 0.15) is 17.1 Å². The van der Waals surface area contributed by atoms with E-state index >= 15 is 0 Å². The molecule has 0 unspecified atom stereocenters. The van der Waals surface area contributed by atoms with Crippen molar-refractivity contribution in [1.82, 2.24) is 15.3 Å². The van der Waals surface area contributed by atoms with E-state index in [0.717, 1.165) is 11.1 Å². The summed E-state index contributed by atoms with van der Waals surface area (Å²) in [5, 5.41) is 2.83. The van der Waals surface area contributed by atoms with Crippen molar-refractivity contribution < 1.29 is 18.0 Å². The molecule has 29 heavy (non-hydrogen) atoms. The minimum atomic E-state index is -0.214. The molecule has 5 aromatic rings. The zero-order chi connectivity index (χ0) is 19.6. The Morgan fingerprint density at radius 3 is 2.21 bits per heavy atom. The molecule has 0 bridgehead atoms. The van der Waals surface area contributed by atoms with Gasteiger partial charge in [0, 0.05) is 16.7 Å². The van der Waals surface area contributed by atoms with Gasteiger partial charge in [0.2, 0.25) is 0 Å². The van der Waals surface area contributed by atoms with E-state index in [1.54, 1.807) is 61.6 Å². The van der Waals surface area contributed by atoms with Crippen LogP contribution in [0.1, 0.15) is 16.1 Å². The molecule has 0 radical (unpaired) electrons. The highest BCUT2D eigenvalue weighted by Gasteiger charge is 2.16. The van der Waals surface area contributed by atoms with E-state index in [9.17, 15) is 4.79 Å². The summed E-state index contributed by atoms with van der Waals surface area (Å²) in [6.07, 6.45) is 7.98. The summed E-state index contributed by atoms with van der Waals surface area (Å²) in [4.78, 5) is 22.0. The number of hydrogen-bond donors (Lipinski definition) is 1. The molecule has 7 nitrogen and oxygen atoms in total. The van der Waals surface area contributed by atoms with Gasteiger partial charge in [-0.2, -0.15) is 0 Å². The molecule has 5 rings (SSSR count). The van der Waals surface area contributed by atoms with Crippen molar-refractivity contribution >= 4 is 16.9 Å². The quantitative estimate of drug-likeness (QED) is 0.472. The average Bonchev–Trinajstić information content (AvgIpc) is 3.53. The number of benzene rings is 1. The van der Waals surface area contributed by atoms with E-state index in [2.05, 4.69) is 5.32 Å². The zero-order valence-electron chi connectivity index (χ0n) is 15.2. The first-order valence-electron chi connectivity index (χ1n) is 8.95. The number of aromatic nitrogens is 2. The molecule has 4 aromatic heterocycles. The summed E-state index contributed by atoms with van der Waals surface area (Å²) >= 11 is 0. The minimum absolute atomic E-state index is 0.214. The van der Waals surface area contributed by atoms with Gasteiger partial charge >= 0.3 is 0 Å². The number of fused-ring (bicyclic) bond motifs is 1. The lowest BCUT2D eigenvalue weighted by atomic mass is 10.1. The number of amides is 1.